The Morgan fingerprint density at radius 1 is 0.862 bits per heavy atom. The number of rotatable bonds is 6. The van der Waals surface area contributed by atoms with Gasteiger partial charge in [0.25, 0.3) is 0 Å². The molecule has 0 aromatic carbocycles. The molecular formula is C26H38O3. The van der Waals surface area contributed by atoms with E-state index in [1.54, 1.807) is 0 Å². The SMILES string of the molecule is CC(C)=CCC1(CC=C(C)C)C(=O)OC2=CC(C)(C)CC[C@]2(CC=C(C)C)C1=O. The van der Waals surface area contributed by atoms with Crippen molar-refractivity contribution in [2.75, 3.05) is 0 Å². The Bertz CT molecular complexity index is 740. The second kappa shape index (κ2) is 8.45. The number of carbonyl (C=O) groups is 2. The summed E-state index contributed by atoms with van der Waals surface area (Å²) in [5.41, 5.74) is 1.41. The van der Waals surface area contributed by atoms with Gasteiger partial charge in [0, 0.05) is 0 Å². The van der Waals surface area contributed by atoms with Crippen LogP contribution in [0.2, 0.25) is 0 Å². The predicted molar refractivity (Wildman–Crippen MR) is 119 cm³/mol. The first-order chi connectivity index (χ1) is 13.3. The first kappa shape index (κ1) is 23.4. The summed E-state index contributed by atoms with van der Waals surface area (Å²) >= 11 is 0. The normalized spacial score (nSPS) is 24.6. The van der Waals surface area contributed by atoms with Gasteiger partial charge < -0.3 is 4.74 Å². The van der Waals surface area contributed by atoms with Gasteiger partial charge in [-0.15, -0.1) is 0 Å². The van der Waals surface area contributed by atoms with Crippen LogP contribution in [0.15, 0.2) is 46.8 Å². The highest BCUT2D eigenvalue weighted by molar-refractivity contribution is 6.10. The lowest BCUT2D eigenvalue weighted by molar-refractivity contribution is -0.172. The zero-order valence-corrected chi connectivity index (χ0v) is 19.6. The molecule has 1 heterocycles. The first-order valence-electron chi connectivity index (χ1n) is 10.8. The molecule has 0 bridgehead atoms. The molecule has 2 rings (SSSR count). The molecule has 3 nitrogen and oxygen atoms in total. The van der Waals surface area contributed by atoms with Crippen molar-refractivity contribution in [2.45, 2.75) is 87.5 Å². The van der Waals surface area contributed by atoms with Gasteiger partial charge in [0.2, 0.25) is 0 Å². The number of hydrogen-bond acceptors (Lipinski definition) is 3. The molecule has 1 atom stereocenters. The summed E-state index contributed by atoms with van der Waals surface area (Å²) in [5, 5.41) is 0. The molecule has 1 aliphatic carbocycles. The van der Waals surface area contributed by atoms with Crippen molar-refractivity contribution >= 4 is 11.8 Å². The standard InChI is InChI=1S/C26H38O3/c1-18(2)9-12-25-16-15-24(7,8)17-21(25)29-23(28)26(22(25)27,13-10-19(3)4)14-11-20(5)6/h9-11,17H,12-16H2,1-8H3/t25-/m0/s1. The van der Waals surface area contributed by atoms with Crippen molar-refractivity contribution in [3.63, 3.8) is 0 Å². The van der Waals surface area contributed by atoms with Crippen LogP contribution in [0.4, 0.5) is 0 Å². The molecule has 0 amide bonds. The molecule has 1 fully saturated rings. The van der Waals surface area contributed by atoms with Gasteiger partial charge in [-0.05, 0) is 85.1 Å². The van der Waals surface area contributed by atoms with Crippen molar-refractivity contribution in [1.29, 1.82) is 0 Å². The Balaban J connectivity index is 2.67. The molecule has 1 aliphatic heterocycles. The summed E-state index contributed by atoms with van der Waals surface area (Å²) in [6, 6.07) is 0. The van der Waals surface area contributed by atoms with Gasteiger partial charge in [0.05, 0.1) is 5.41 Å². The minimum atomic E-state index is -1.15. The number of allylic oxidation sites excluding steroid dienone is 8. The second-order valence-electron chi connectivity index (χ2n) is 10.3. The van der Waals surface area contributed by atoms with Crippen LogP contribution in [0.5, 0.6) is 0 Å². The van der Waals surface area contributed by atoms with Crippen molar-refractivity contribution in [1.82, 2.24) is 0 Å². The van der Waals surface area contributed by atoms with E-state index in [1.807, 2.05) is 59.8 Å². The Hall–Kier alpha value is -1.90. The molecule has 29 heavy (non-hydrogen) atoms. The van der Waals surface area contributed by atoms with Crippen molar-refractivity contribution < 1.29 is 14.3 Å². The summed E-state index contributed by atoms with van der Waals surface area (Å²) in [5.74, 6) is 0.219. The molecule has 2 aliphatic rings. The molecular weight excluding hydrogens is 360 g/mol. The number of carbonyl (C=O) groups excluding carboxylic acids is 2. The average Bonchev–Trinajstić information content (AvgIpc) is 2.59. The molecule has 0 radical (unpaired) electrons. The van der Waals surface area contributed by atoms with Crippen LogP contribution in [-0.4, -0.2) is 11.8 Å². The van der Waals surface area contributed by atoms with Crippen LogP contribution in [0.3, 0.4) is 0 Å². The van der Waals surface area contributed by atoms with Gasteiger partial charge in [0.1, 0.15) is 11.2 Å². The molecule has 0 saturated carbocycles. The predicted octanol–water partition coefficient (Wildman–Crippen LogP) is 6.86. The van der Waals surface area contributed by atoms with Gasteiger partial charge in [-0.1, -0.05) is 48.8 Å². The fourth-order valence-corrected chi connectivity index (χ4v) is 4.19. The fraction of sp³-hybridized carbons (Fsp3) is 0.615. The lowest BCUT2D eigenvalue weighted by atomic mass is 9.57. The van der Waals surface area contributed by atoms with Crippen LogP contribution in [0.25, 0.3) is 0 Å². The smallest absolute Gasteiger partial charge is 0.325 e. The summed E-state index contributed by atoms with van der Waals surface area (Å²) in [7, 11) is 0. The highest BCUT2D eigenvalue weighted by atomic mass is 16.5. The lowest BCUT2D eigenvalue weighted by Gasteiger charge is -2.49. The Kier molecular flexibility index (Phi) is 6.82. The maximum Gasteiger partial charge on any atom is 0.325 e. The number of fused-ring (bicyclic) bond motifs is 1. The van der Waals surface area contributed by atoms with Crippen LogP contribution in [-0.2, 0) is 14.3 Å². The summed E-state index contributed by atoms with van der Waals surface area (Å²) in [6.45, 7) is 16.4. The largest absolute Gasteiger partial charge is 0.430 e. The zero-order valence-electron chi connectivity index (χ0n) is 19.6. The summed E-state index contributed by atoms with van der Waals surface area (Å²) in [4.78, 5) is 27.6. The van der Waals surface area contributed by atoms with E-state index in [-0.39, 0.29) is 11.2 Å². The van der Waals surface area contributed by atoms with Crippen molar-refractivity contribution in [2.24, 2.45) is 16.2 Å². The molecule has 0 spiro atoms. The Labute approximate surface area is 177 Å². The third kappa shape index (κ3) is 4.82. The van der Waals surface area contributed by atoms with Crippen LogP contribution >= 0.6 is 0 Å². The van der Waals surface area contributed by atoms with E-state index in [9.17, 15) is 9.59 Å². The van der Waals surface area contributed by atoms with Gasteiger partial charge >= 0.3 is 5.97 Å². The monoisotopic (exact) mass is 398 g/mol. The first-order valence-corrected chi connectivity index (χ1v) is 10.8. The van der Waals surface area contributed by atoms with Gasteiger partial charge in [0.15, 0.2) is 5.78 Å². The molecule has 3 heteroatoms. The quantitative estimate of drug-likeness (QED) is 0.279. The molecule has 0 aromatic rings. The van der Waals surface area contributed by atoms with E-state index in [0.29, 0.717) is 31.4 Å². The van der Waals surface area contributed by atoms with E-state index < -0.39 is 16.8 Å². The summed E-state index contributed by atoms with van der Waals surface area (Å²) in [6.07, 6.45) is 11.2. The van der Waals surface area contributed by atoms with Gasteiger partial charge in [-0.2, -0.15) is 0 Å². The fourth-order valence-electron chi connectivity index (χ4n) is 4.19. The van der Waals surface area contributed by atoms with E-state index in [2.05, 4.69) is 19.9 Å². The Morgan fingerprint density at radius 3 is 1.83 bits per heavy atom. The van der Waals surface area contributed by atoms with E-state index in [0.717, 1.165) is 17.6 Å². The summed E-state index contributed by atoms with van der Waals surface area (Å²) < 4.78 is 6.03. The van der Waals surface area contributed by atoms with E-state index in [1.165, 1.54) is 5.57 Å². The maximum atomic E-state index is 14.2. The van der Waals surface area contributed by atoms with Crippen LogP contribution in [0, 0.1) is 16.2 Å². The molecule has 1 saturated heterocycles. The van der Waals surface area contributed by atoms with Crippen molar-refractivity contribution in [3.05, 3.63) is 46.8 Å². The van der Waals surface area contributed by atoms with Gasteiger partial charge in [-0.25, -0.2) is 0 Å². The van der Waals surface area contributed by atoms with Crippen LogP contribution < -0.4 is 0 Å². The van der Waals surface area contributed by atoms with Crippen molar-refractivity contribution in [3.8, 4) is 0 Å². The molecule has 0 aromatic heterocycles. The van der Waals surface area contributed by atoms with E-state index >= 15 is 0 Å². The highest BCUT2D eigenvalue weighted by Crippen LogP contribution is 2.56. The lowest BCUT2D eigenvalue weighted by Crippen LogP contribution is -2.56. The third-order valence-electron chi connectivity index (χ3n) is 6.23. The zero-order chi connectivity index (χ0) is 22.0. The minimum Gasteiger partial charge on any atom is -0.430 e. The van der Waals surface area contributed by atoms with Crippen LogP contribution in [0.1, 0.15) is 87.5 Å². The number of Topliss-reactive ketones (excluding diaryl/α,β-unsaturated/α-hetero) is 1. The maximum absolute atomic E-state index is 14.2. The molecule has 0 unspecified atom stereocenters. The topological polar surface area (TPSA) is 43.4 Å². The third-order valence-corrected chi connectivity index (χ3v) is 6.23. The van der Waals surface area contributed by atoms with Gasteiger partial charge in [-0.3, -0.25) is 9.59 Å². The molecule has 160 valence electrons. The minimum absolute atomic E-state index is 0.0375. The number of ketones is 1. The Morgan fingerprint density at radius 2 is 1.34 bits per heavy atom. The molecule has 0 N–H and O–H groups in total. The second-order valence-corrected chi connectivity index (χ2v) is 10.3. The number of ether oxygens (including phenoxy) is 1. The number of hydrogen-bond donors (Lipinski definition) is 0. The number of esters is 1. The van der Waals surface area contributed by atoms with E-state index in [4.69, 9.17) is 4.74 Å². The average molecular weight is 399 g/mol. The highest BCUT2D eigenvalue weighted by Gasteiger charge is 2.62.